The Labute approximate surface area is 204 Å². The zero-order chi connectivity index (χ0) is 24.1. The molecule has 1 fully saturated rings. The molecule has 3 heterocycles. The van der Waals surface area contributed by atoms with Crippen LogP contribution >= 0.6 is 12.2 Å². The third-order valence-corrected chi connectivity index (χ3v) is 6.18. The summed E-state index contributed by atoms with van der Waals surface area (Å²) in [5.41, 5.74) is 3.46. The quantitative estimate of drug-likeness (QED) is 0.448. The fourth-order valence-corrected chi connectivity index (χ4v) is 4.54. The van der Waals surface area contributed by atoms with E-state index in [-0.39, 0.29) is 18.0 Å². The van der Waals surface area contributed by atoms with Crippen LogP contribution in [0.5, 0.6) is 5.75 Å². The van der Waals surface area contributed by atoms with Gasteiger partial charge in [0.1, 0.15) is 11.8 Å². The molecule has 34 heavy (non-hydrogen) atoms. The molecule has 0 unspecified atom stereocenters. The highest BCUT2D eigenvalue weighted by Crippen LogP contribution is 2.43. The number of rotatable bonds is 9. The van der Waals surface area contributed by atoms with Crippen molar-refractivity contribution < 1.29 is 14.3 Å². The smallest absolute Gasteiger partial charge is 0.224 e. The highest BCUT2D eigenvalue weighted by Gasteiger charge is 2.42. The van der Waals surface area contributed by atoms with Gasteiger partial charge in [-0.25, -0.2) is 0 Å². The van der Waals surface area contributed by atoms with E-state index < -0.39 is 0 Å². The van der Waals surface area contributed by atoms with Gasteiger partial charge in [0.25, 0.3) is 0 Å². The first-order valence-electron chi connectivity index (χ1n) is 11.2. The van der Waals surface area contributed by atoms with Crippen LogP contribution in [0.15, 0.2) is 60.9 Å². The molecule has 0 radical (unpaired) electrons. The molecule has 2 aromatic heterocycles. The minimum atomic E-state index is -0.157. The molecule has 1 aromatic carbocycles. The van der Waals surface area contributed by atoms with E-state index in [4.69, 9.17) is 21.7 Å². The van der Waals surface area contributed by atoms with Crippen molar-refractivity contribution in [1.29, 1.82) is 0 Å². The summed E-state index contributed by atoms with van der Waals surface area (Å²) in [6.07, 6.45) is 4.22. The number of nitrogens with one attached hydrogen (secondary N) is 2. The molecular weight excluding hydrogens is 450 g/mol. The maximum Gasteiger partial charge on any atom is 0.224 e. The summed E-state index contributed by atoms with van der Waals surface area (Å²) in [4.78, 5) is 18.6. The maximum absolute atomic E-state index is 11.9. The van der Waals surface area contributed by atoms with Crippen molar-refractivity contribution in [1.82, 2.24) is 14.9 Å². The number of methoxy groups -OCH3 is 2. The van der Waals surface area contributed by atoms with Crippen molar-refractivity contribution in [3.05, 3.63) is 72.3 Å². The molecule has 4 rings (SSSR count). The second kappa shape index (κ2) is 10.7. The number of benzene rings is 1. The van der Waals surface area contributed by atoms with Crippen molar-refractivity contribution in [3.63, 3.8) is 0 Å². The monoisotopic (exact) mass is 479 g/mol. The zero-order valence-electron chi connectivity index (χ0n) is 19.5. The number of ether oxygens (including phenoxy) is 2. The number of anilines is 2. The average molecular weight is 480 g/mol. The third-order valence-electron chi connectivity index (χ3n) is 5.86. The first-order chi connectivity index (χ1) is 16.6. The van der Waals surface area contributed by atoms with Crippen molar-refractivity contribution in [2.75, 3.05) is 31.0 Å². The molecule has 2 N–H and O–H groups in total. The van der Waals surface area contributed by atoms with E-state index in [9.17, 15) is 4.79 Å². The molecule has 2 atom stereocenters. The molecule has 0 spiro atoms. The van der Waals surface area contributed by atoms with Crippen molar-refractivity contribution >= 4 is 34.6 Å². The number of hydrogen-bond donors (Lipinski definition) is 2. The van der Waals surface area contributed by atoms with Gasteiger partial charge in [-0.2, -0.15) is 0 Å². The summed E-state index contributed by atoms with van der Waals surface area (Å²) in [5, 5.41) is 6.95. The molecule has 178 valence electrons. The van der Waals surface area contributed by atoms with E-state index in [0.29, 0.717) is 29.6 Å². The van der Waals surface area contributed by atoms with Gasteiger partial charge in [0, 0.05) is 49.9 Å². The van der Waals surface area contributed by atoms with Crippen molar-refractivity contribution in [2.45, 2.75) is 32.0 Å². The van der Waals surface area contributed by atoms with Gasteiger partial charge in [0.15, 0.2) is 5.11 Å². The minimum Gasteiger partial charge on any atom is -0.494 e. The van der Waals surface area contributed by atoms with Crippen molar-refractivity contribution in [2.24, 2.45) is 0 Å². The van der Waals surface area contributed by atoms with Crippen LogP contribution in [0.2, 0.25) is 0 Å². The standard InChI is InChI=1S/C25H29N5O3S/c1-4-22(31)27-18-11-10-17(16-21(18)33-3)30-24(20-9-7-13-29(20)14-15-32-2)23(28-25(30)34)19-8-5-6-12-26-19/h5-13,16,23-24H,4,14-15H2,1-3H3,(H,27,31)(H,28,34)/t23-,24+/m0/s1. The predicted octanol–water partition coefficient (Wildman–Crippen LogP) is 4.06. The average Bonchev–Trinajstić information content (AvgIpc) is 3.47. The minimum absolute atomic E-state index is 0.0755. The Hall–Kier alpha value is -3.43. The van der Waals surface area contributed by atoms with E-state index in [1.165, 1.54) is 0 Å². The van der Waals surface area contributed by atoms with E-state index in [2.05, 4.69) is 31.2 Å². The third kappa shape index (κ3) is 4.76. The lowest BCUT2D eigenvalue weighted by atomic mass is 10.0. The molecule has 3 aromatic rings. The molecule has 9 heteroatoms. The molecule has 1 saturated heterocycles. The van der Waals surface area contributed by atoms with E-state index in [1.807, 2.05) is 55.6 Å². The van der Waals surface area contributed by atoms with E-state index in [1.54, 1.807) is 20.4 Å². The van der Waals surface area contributed by atoms with Gasteiger partial charge < -0.3 is 29.6 Å². The normalized spacial score (nSPS) is 17.5. The first kappa shape index (κ1) is 23.7. The fourth-order valence-electron chi connectivity index (χ4n) is 4.19. The predicted molar refractivity (Wildman–Crippen MR) is 136 cm³/mol. The van der Waals surface area contributed by atoms with Crippen molar-refractivity contribution in [3.8, 4) is 5.75 Å². The fraction of sp³-hybridized carbons (Fsp3) is 0.320. The van der Waals surface area contributed by atoms with Crippen LogP contribution < -0.4 is 20.3 Å². The van der Waals surface area contributed by atoms with Gasteiger partial charge in [-0.15, -0.1) is 0 Å². The lowest BCUT2D eigenvalue weighted by molar-refractivity contribution is -0.115. The summed E-state index contributed by atoms with van der Waals surface area (Å²) < 4.78 is 13.1. The maximum atomic E-state index is 11.9. The van der Waals surface area contributed by atoms with Crippen LogP contribution in [0.25, 0.3) is 0 Å². The van der Waals surface area contributed by atoms with Crippen LogP contribution in [-0.4, -0.2) is 41.4 Å². The molecule has 1 aliphatic rings. The van der Waals surface area contributed by atoms with Gasteiger partial charge in [-0.1, -0.05) is 13.0 Å². The molecule has 1 amide bonds. The molecule has 8 nitrogen and oxygen atoms in total. The Morgan fingerprint density at radius 3 is 2.76 bits per heavy atom. The molecular formula is C25H29N5O3S. The summed E-state index contributed by atoms with van der Waals surface area (Å²) in [5.74, 6) is 0.491. The molecule has 0 bridgehead atoms. The van der Waals surface area contributed by atoms with Crippen LogP contribution in [0, 0.1) is 0 Å². The number of aromatic nitrogens is 2. The summed E-state index contributed by atoms with van der Waals surface area (Å²) in [7, 11) is 3.29. The second-order valence-corrected chi connectivity index (χ2v) is 8.29. The van der Waals surface area contributed by atoms with E-state index in [0.717, 1.165) is 23.6 Å². The first-order valence-corrected chi connectivity index (χ1v) is 11.6. The Kier molecular flexibility index (Phi) is 7.44. The summed E-state index contributed by atoms with van der Waals surface area (Å²) in [6, 6.07) is 15.4. The Balaban J connectivity index is 1.78. The van der Waals surface area contributed by atoms with Gasteiger partial charge in [-0.3, -0.25) is 9.78 Å². The number of nitrogens with zero attached hydrogens (tertiary/aromatic N) is 3. The Morgan fingerprint density at radius 2 is 2.06 bits per heavy atom. The van der Waals surface area contributed by atoms with Crippen LogP contribution in [-0.2, 0) is 16.1 Å². The zero-order valence-corrected chi connectivity index (χ0v) is 20.3. The summed E-state index contributed by atoms with van der Waals surface area (Å²) >= 11 is 5.82. The van der Waals surface area contributed by atoms with Gasteiger partial charge in [0.05, 0.1) is 31.1 Å². The molecule has 0 saturated carbocycles. The van der Waals surface area contributed by atoms with E-state index >= 15 is 0 Å². The second-order valence-electron chi connectivity index (χ2n) is 7.90. The SMILES string of the molecule is CCC(=O)Nc1ccc(N2C(=S)N[C@@H](c3ccccn3)[C@H]2c2cccn2CCOC)cc1OC. The number of hydrogen-bond acceptors (Lipinski definition) is 5. The molecule has 0 aliphatic carbocycles. The van der Waals surface area contributed by atoms with Gasteiger partial charge in [-0.05, 0) is 48.6 Å². The number of pyridine rings is 1. The van der Waals surface area contributed by atoms with Crippen LogP contribution in [0.4, 0.5) is 11.4 Å². The van der Waals surface area contributed by atoms with Crippen LogP contribution in [0.1, 0.15) is 36.8 Å². The number of carbonyl (C=O) groups excluding carboxylic acids is 1. The lowest BCUT2D eigenvalue weighted by Gasteiger charge is -2.29. The molecule has 1 aliphatic heterocycles. The number of amides is 1. The summed E-state index contributed by atoms with van der Waals surface area (Å²) in [6.45, 7) is 3.13. The topological polar surface area (TPSA) is 80.7 Å². The number of carbonyl (C=O) groups is 1. The Morgan fingerprint density at radius 1 is 1.21 bits per heavy atom. The number of thiocarbonyl (C=S) groups is 1. The van der Waals surface area contributed by atoms with Crippen LogP contribution in [0.3, 0.4) is 0 Å². The Bertz CT molecular complexity index is 1150. The lowest BCUT2D eigenvalue weighted by Crippen LogP contribution is -2.30. The largest absolute Gasteiger partial charge is 0.494 e. The van der Waals surface area contributed by atoms with Gasteiger partial charge in [0.2, 0.25) is 5.91 Å². The highest BCUT2D eigenvalue weighted by molar-refractivity contribution is 7.80. The highest BCUT2D eigenvalue weighted by atomic mass is 32.1. The van der Waals surface area contributed by atoms with Gasteiger partial charge >= 0.3 is 0 Å².